The van der Waals surface area contributed by atoms with Crippen molar-refractivity contribution in [1.29, 1.82) is 0 Å². The molecular formula is C37H44N4O13. The molecular weight excluding hydrogens is 708 g/mol. The van der Waals surface area contributed by atoms with Crippen LogP contribution in [0.2, 0.25) is 0 Å². The van der Waals surface area contributed by atoms with Crippen LogP contribution in [0.15, 0.2) is 65.1 Å². The molecule has 17 heteroatoms. The summed E-state index contributed by atoms with van der Waals surface area (Å²) in [6.07, 6.45) is 3.11. The number of carboxylic acid groups (broad SMARTS) is 3. The molecule has 3 atom stereocenters. The van der Waals surface area contributed by atoms with Crippen molar-refractivity contribution in [3.8, 4) is 17.1 Å². The van der Waals surface area contributed by atoms with Gasteiger partial charge in [-0.1, -0.05) is 69.5 Å². The number of nitrogens with one attached hydrogen (secondary N) is 3. The maximum absolute atomic E-state index is 13.5. The Morgan fingerprint density at radius 2 is 1.63 bits per heavy atom. The first kappa shape index (κ1) is 42.2. The molecule has 0 spiro atoms. The average molecular weight is 753 g/mol. The zero-order chi connectivity index (χ0) is 39.6. The number of aliphatic carboxylic acids is 3. The number of rotatable bonds is 24. The number of ether oxygens (including phenoxy) is 1. The Bertz CT molecular complexity index is 1760. The first-order chi connectivity index (χ1) is 25.9. The van der Waals surface area contributed by atoms with Crippen molar-refractivity contribution in [3.63, 3.8) is 0 Å². The summed E-state index contributed by atoms with van der Waals surface area (Å²) in [5.74, 6) is -7.51. The van der Waals surface area contributed by atoms with Crippen LogP contribution in [0.3, 0.4) is 0 Å². The monoisotopic (exact) mass is 752 g/mol. The van der Waals surface area contributed by atoms with Crippen LogP contribution < -0.4 is 20.7 Å². The molecule has 1 aromatic heterocycles. The number of hydrogen-bond acceptors (Lipinski definition) is 10. The second kappa shape index (κ2) is 21.3. The largest absolute Gasteiger partial charge is 0.481 e. The molecule has 0 saturated heterocycles. The van der Waals surface area contributed by atoms with Crippen LogP contribution in [0.5, 0.6) is 5.75 Å². The minimum atomic E-state index is -1.78. The van der Waals surface area contributed by atoms with Crippen molar-refractivity contribution in [1.82, 2.24) is 21.0 Å². The van der Waals surface area contributed by atoms with Crippen molar-refractivity contribution in [2.75, 3.05) is 13.3 Å². The van der Waals surface area contributed by atoms with Crippen LogP contribution in [-0.2, 0) is 35.4 Å². The molecule has 6 N–H and O–H groups in total. The van der Waals surface area contributed by atoms with Gasteiger partial charge in [0.15, 0.2) is 12.4 Å². The molecule has 0 aliphatic rings. The van der Waals surface area contributed by atoms with E-state index in [1.54, 1.807) is 0 Å². The van der Waals surface area contributed by atoms with Crippen molar-refractivity contribution < 1.29 is 62.9 Å². The van der Waals surface area contributed by atoms with E-state index in [1.807, 2.05) is 44.2 Å². The van der Waals surface area contributed by atoms with Gasteiger partial charge in [-0.2, -0.15) is 0 Å². The van der Waals surface area contributed by atoms with Crippen molar-refractivity contribution in [2.24, 2.45) is 5.92 Å². The fourth-order valence-electron chi connectivity index (χ4n) is 5.46. The van der Waals surface area contributed by atoms with E-state index in [4.69, 9.17) is 24.2 Å². The standard InChI is InChI=1S/C37H44N4O13/c1-3-5-7-12-25(28(4-2)41(22-42)53-19-23-10-8-6-9-11-23)34(47)38-21-39-36(49)30-16-15-29(54-30)24-13-14-26(31(17-24)52-20-33(45)46)35(48)40-27(37(50)51)18-32(43)44/h6,8-11,13-17,22,25,27-28H,3-5,7,12,18-21H2,1-2H3,(H,38,47)(H,39,49)(H,40,48)(H,43,44)(H,45,46)(H,50,51)/t25-,27+,28-/m1/s1. The van der Waals surface area contributed by atoms with Crippen LogP contribution in [0, 0.1) is 5.92 Å². The third-order valence-electron chi connectivity index (χ3n) is 8.18. The first-order valence-electron chi connectivity index (χ1n) is 17.2. The minimum absolute atomic E-state index is 0.108. The number of carboxylic acids is 3. The van der Waals surface area contributed by atoms with Gasteiger partial charge in [0.1, 0.15) is 24.2 Å². The Morgan fingerprint density at radius 3 is 2.26 bits per heavy atom. The van der Waals surface area contributed by atoms with E-state index in [9.17, 15) is 38.7 Å². The second-order valence-corrected chi connectivity index (χ2v) is 12.0. The van der Waals surface area contributed by atoms with E-state index in [0.29, 0.717) is 19.3 Å². The molecule has 4 amide bonds. The lowest BCUT2D eigenvalue weighted by atomic mass is 9.90. The van der Waals surface area contributed by atoms with Gasteiger partial charge in [0.2, 0.25) is 12.3 Å². The van der Waals surface area contributed by atoms with E-state index < -0.39 is 60.8 Å². The number of hydrogen-bond donors (Lipinski definition) is 6. The van der Waals surface area contributed by atoms with Crippen LogP contribution in [0.25, 0.3) is 11.3 Å². The summed E-state index contributed by atoms with van der Waals surface area (Å²) < 4.78 is 10.9. The van der Waals surface area contributed by atoms with E-state index in [1.165, 1.54) is 35.4 Å². The quantitative estimate of drug-likeness (QED) is 0.0333. The fraction of sp³-hybridized carbons (Fsp3) is 0.378. The molecule has 0 saturated carbocycles. The van der Waals surface area contributed by atoms with Gasteiger partial charge < -0.3 is 40.4 Å². The zero-order valence-electron chi connectivity index (χ0n) is 29.8. The van der Waals surface area contributed by atoms with Gasteiger partial charge in [-0.25, -0.2) is 14.7 Å². The van der Waals surface area contributed by atoms with Crippen molar-refractivity contribution >= 4 is 42.0 Å². The molecule has 0 radical (unpaired) electrons. The number of furan rings is 1. The van der Waals surface area contributed by atoms with E-state index in [2.05, 4.69) is 16.0 Å². The van der Waals surface area contributed by atoms with Crippen molar-refractivity contribution in [3.05, 3.63) is 77.6 Å². The Labute approximate surface area is 310 Å². The van der Waals surface area contributed by atoms with E-state index in [-0.39, 0.29) is 47.6 Å². The molecule has 3 aromatic rings. The SMILES string of the molecule is CCCCC[C@@H](C(=O)NCNC(=O)c1ccc(-c2ccc(C(=O)N[C@@H](CC(=O)O)C(=O)O)c(OCC(=O)O)c2)o1)[C@@H](CC)N(C=O)OCc1ccccc1. The van der Waals surface area contributed by atoms with Gasteiger partial charge in [0.05, 0.1) is 30.6 Å². The maximum Gasteiger partial charge on any atom is 0.341 e. The molecule has 3 rings (SSSR count). The average Bonchev–Trinajstić information content (AvgIpc) is 3.65. The summed E-state index contributed by atoms with van der Waals surface area (Å²) in [6, 6.07) is 13.5. The first-order valence-corrected chi connectivity index (χ1v) is 17.2. The summed E-state index contributed by atoms with van der Waals surface area (Å²) in [4.78, 5) is 90.9. The van der Waals surface area contributed by atoms with E-state index >= 15 is 0 Å². The third-order valence-corrected chi connectivity index (χ3v) is 8.18. The lowest BCUT2D eigenvalue weighted by Gasteiger charge is -2.32. The van der Waals surface area contributed by atoms with Gasteiger partial charge >= 0.3 is 17.9 Å². The smallest absolute Gasteiger partial charge is 0.341 e. The number of carbonyl (C=O) groups is 7. The van der Waals surface area contributed by atoms with Crippen molar-refractivity contribution in [2.45, 2.75) is 71.1 Å². The fourth-order valence-corrected chi connectivity index (χ4v) is 5.46. The molecule has 0 aliphatic heterocycles. The van der Waals surface area contributed by atoms with Gasteiger partial charge in [-0.15, -0.1) is 0 Å². The molecule has 0 bridgehead atoms. The number of benzene rings is 2. The normalized spacial score (nSPS) is 12.4. The summed E-state index contributed by atoms with van der Waals surface area (Å²) in [7, 11) is 0. The molecule has 1 heterocycles. The van der Waals surface area contributed by atoms with Crippen LogP contribution >= 0.6 is 0 Å². The Balaban J connectivity index is 1.70. The highest BCUT2D eigenvalue weighted by molar-refractivity contribution is 6.00. The highest BCUT2D eigenvalue weighted by Gasteiger charge is 2.32. The Hall–Kier alpha value is -6.23. The predicted octanol–water partition coefficient (Wildman–Crippen LogP) is 3.44. The Kier molecular flexibility index (Phi) is 16.7. The summed E-state index contributed by atoms with van der Waals surface area (Å²) >= 11 is 0. The van der Waals surface area contributed by atoms with Gasteiger partial charge in [0.25, 0.3) is 11.8 Å². The molecule has 54 heavy (non-hydrogen) atoms. The number of amides is 4. The van der Waals surface area contributed by atoms with Gasteiger partial charge in [0, 0.05) is 5.56 Å². The van der Waals surface area contributed by atoms with Gasteiger partial charge in [-0.05, 0) is 42.7 Å². The summed E-state index contributed by atoms with van der Waals surface area (Å²) in [6.45, 7) is 2.89. The van der Waals surface area contributed by atoms with Gasteiger partial charge in [-0.3, -0.25) is 28.8 Å². The lowest BCUT2D eigenvalue weighted by molar-refractivity contribution is -0.200. The predicted molar refractivity (Wildman–Crippen MR) is 190 cm³/mol. The molecule has 0 unspecified atom stereocenters. The van der Waals surface area contributed by atoms with Crippen LogP contribution in [0.1, 0.15) is 78.8 Å². The number of unbranched alkanes of at least 4 members (excludes halogenated alkanes) is 2. The van der Waals surface area contributed by atoms with Crippen LogP contribution in [0.4, 0.5) is 0 Å². The third kappa shape index (κ3) is 12.8. The van der Waals surface area contributed by atoms with E-state index in [0.717, 1.165) is 24.8 Å². The number of hydroxylamine groups is 2. The second-order valence-electron chi connectivity index (χ2n) is 12.0. The summed E-state index contributed by atoms with van der Waals surface area (Å²) in [5.41, 5.74) is 0.815. The molecule has 290 valence electrons. The summed E-state index contributed by atoms with van der Waals surface area (Å²) in [5, 5.41) is 35.9. The topological polar surface area (TPSA) is 251 Å². The number of carbonyl (C=O) groups excluding carboxylic acids is 4. The molecule has 17 nitrogen and oxygen atoms in total. The maximum atomic E-state index is 13.5. The highest BCUT2D eigenvalue weighted by atomic mass is 16.7. The van der Waals surface area contributed by atoms with Crippen LogP contribution in [-0.4, -0.2) is 87.8 Å². The zero-order valence-corrected chi connectivity index (χ0v) is 29.8. The molecule has 2 aromatic carbocycles. The Morgan fingerprint density at radius 1 is 0.889 bits per heavy atom. The number of nitrogens with zero attached hydrogens (tertiary/aromatic N) is 1. The minimum Gasteiger partial charge on any atom is -0.481 e. The molecule has 0 aliphatic carbocycles. The molecule has 0 fully saturated rings. The highest BCUT2D eigenvalue weighted by Crippen LogP contribution is 2.29. The lowest BCUT2D eigenvalue weighted by Crippen LogP contribution is -2.48.